The number of carbonyl (C=O) groups is 2. The van der Waals surface area contributed by atoms with E-state index in [-0.39, 0.29) is 16.1 Å². The first kappa shape index (κ1) is 72.5. The van der Waals surface area contributed by atoms with Gasteiger partial charge >= 0.3 is 18.1 Å². The van der Waals surface area contributed by atoms with Crippen LogP contribution in [-0.2, 0) is 12.7 Å². The Balaban J connectivity index is 0.000000199. The molecule has 0 spiro atoms. The van der Waals surface area contributed by atoms with E-state index in [0.717, 1.165) is 46.9 Å². The van der Waals surface area contributed by atoms with E-state index in [9.17, 15) is 22.8 Å². The summed E-state index contributed by atoms with van der Waals surface area (Å²) in [5.74, 6) is 3.34. The van der Waals surface area contributed by atoms with Crippen LogP contribution < -0.4 is 47.7 Å². The molecule has 0 aliphatic rings. The minimum atomic E-state index is -4.35. The number of carboxylic acid groups (broad SMARTS) is 2. The number of nitrogens with one attached hydrogen (secondary N) is 8. The van der Waals surface area contributed by atoms with Crippen LogP contribution in [0.1, 0.15) is 75.7 Å². The van der Waals surface area contributed by atoms with Crippen molar-refractivity contribution in [1.82, 2.24) is 43.0 Å². The predicted molar refractivity (Wildman–Crippen MR) is 375 cm³/mol. The van der Waals surface area contributed by atoms with E-state index in [1.54, 1.807) is 74.0 Å². The molecule has 29 heteroatoms. The molecular weight excluding hydrogens is 1310 g/mol. The number of ether oxygens (including phenoxy) is 1. The van der Waals surface area contributed by atoms with E-state index in [4.69, 9.17) is 93.1 Å². The molecule has 5 aromatic carbocycles. The number of benzene rings is 5. The molecule has 21 nitrogen and oxygen atoms in total. The number of alkyl halides is 3. The molecule has 0 bridgehead atoms. The van der Waals surface area contributed by atoms with Crippen molar-refractivity contribution in [3.05, 3.63) is 220 Å². The fourth-order valence-electron chi connectivity index (χ4n) is 7.54. The maximum Gasteiger partial charge on any atom is 0.416 e. The summed E-state index contributed by atoms with van der Waals surface area (Å²) in [6.45, 7) is 8.55. The smallest absolute Gasteiger partial charge is 0.416 e. The number of rotatable bonds is 20. The molecule has 4 aromatic heterocycles. The minimum Gasteiger partial charge on any atom is -0.497 e. The maximum atomic E-state index is 12.5. The second-order valence-electron chi connectivity index (χ2n) is 18.7. The number of hydrogen-bond acceptors (Lipinski definition) is 15. The molecule has 94 heavy (non-hydrogen) atoms. The van der Waals surface area contributed by atoms with Gasteiger partial charge in [0.25, 0.3) is 0 Å². The van der Waals surface area contributed by atoms with Gasteiger partial charge in [0.2, 0.25) is 0 Å². The van der Waals surface area contributed by atoms with Crippen molar-refractivity contribution in [3.63, 3.8) is 0 Å². The van der Waals surface area contributed by atoms with E-state index in [0.29, 0.717) is 91.5 Å². The van der Waals surface area contributed by atoms with Gasteiger partial charge in [-0.1, -0.05) is 72.3 Å². The quantitative estimate of drug-likeness (QED) is 0.0193. The Morgan fingerprint density at radius 3 is 1.20 bits per heavy atom. The van der Waals surface area contributed by atoms with Gasteiger partial charge in [0.15, 0.2) is 20.4 Å². The largest absolute Gasteiger partial charge is 0.497 e. The Bertz CT molecular complexity index is 4060. The van der Waals surface area contributed by atoms with Crippen LogP contribution >= 0.6 is 60.5 Å². The highest BCUT2D eigenvalue weighted by Crippen LogP contribution is 2.32. The Morgan fingerprint density at radius 2 is 0.851 bits per heavy atom. The first-order valence-corrected chi connectivity index (χ1v) is 30.2. The topological polar surface area (TPSA) is 282 Å². The van der Waals surface area contributed by atoms with E-state index >= 15 is 0 Å². The maximum absolute atomic E-state index is 12.5. The number of aromatic carboxylic acids is 2. The number of furan rings is 4. The number of hydrazone groups is 4. The summed E-state index contributed by atoms with van der Waals surface area (Å²) in [4.78, 5) is 21.8. The zero-order valence-electron chi connectivity index (χ0n) is 50.5. The summed E-state index contributed by atoms with van der Waals surface area (Å²) in [6.07, 6.45) is 1.66. The van der Waals surface area contributed by atoms with Gasteiger partial charge in [-0.05, 0) is 184 Å². The Kier molecular flexibility index (Phi) is 29.1. The van der Waals surface area contributed by atoms with Crippen molar-refractivity contribution < 1.29 is 55.4 Å². The fourth-order valence-corrected chi connectivity index (χ4v) is 8.52. The van der Waals surface area contributed by atoms with Gasteiger partial charge in [-0.15, -0.1) is 0 Å². The van der Waals surface area contributed by atoms with Crippen LogP contribution in [0.5, 0.6) is 5.75 Å². The lowest BCUT2D eigenvalue weighted by Crippen LogP contribution is -2.31. The Hall–Kier alpha value is -10.5. The highest BCUT2D eigenvalue weighted by atomic mass is 35.5. The zero-order valence-corrected chi connectivity index (χ0v) is 54.5. The number of carboxylic acids is 2. The third-order valence-corrected chi connectivity index (χ3v) is 13.3. The van der Waals surface area contributed by atoms with Gasteiger partial charge in [0.1, 0.15) is 51.8 Å². The lowest BCUT2D eigenvalue weighted by molar-refractivity contribution is -0.137. The Labute approximate surface area is 564 Å². The van der Waals surface area contributed by atoms with Crippen molar-refractivity contribution in [2.75, 3.05) is 26.7 Å². The normalized spacial score (nSPS) is 10.9. The van der Waals surface area contributed by atoms with E-state index in [1.165, 1.54) is 49.0 Å². The van der Waals surface area contributed by atoms with Crippen molar-refractivity contribution in [2.45, 2.75) is 33.5 Å². The minimum absolute atomic E-state index is 0.0462. The highest BCUT2D eigenvalue weighted by molar-refractivity contribution is 7.80. The van der Waals surface area contributed by atoms with Crippen LogP contribution in [0.3, 0.4) is 0 Å². The van der Waals surface area contributed by atoms with Crippen LogP contribution in [0.4, 0.5) is 13.2 Å². The average Bonchev–Trinajstić information content (AvgIpc) is 1.69. The molecule has 0 saturated heterocycles. The second-order valence-corrected chi connectivity index (χ2v) is 20.8. The van der Waals surface area contributed by atoms with Crippen molar-refractivity contribution in [1.29, 1.82) is 0 Å². The third kappa shape index (κ3) is 24.6. The molecule has 0 radical (unpaired) electrons. The summed E-state index contributed by atoms with van der Waals surface area (Å²) in [7, 11) is 1.64. The van der Waals surface area contributed by atoms with Crippen LogP contribution in [0.25, 0.3) is 45.3 Å². The van der Waals surface area contributed by atoms with Crippen molar-refractivity contribution >= 4 is 118 Å². The van der Waals surface area contributed by atoms with E-state index < -0.39 is 23.7 Å². The van der Waals surface area contributed by atoms with Crippen LogP contribution in [0.2, 0.25) is 5.02 Å². The summed E-state index contributed by atoms with van der Waals surface area (Å²) < 4.78 is 65.2. The lowest BCUT2D eigenvalue weighted by Gasteiger charge is -2.06. The molecule has 0 aliphatic heterocycles. The van der Waals surface area contributed by atoms with Gasteiger partial charge in [-0.2, -0.15) is 33.6 Å². The molecule has 0 saturated carbocycles. The fraction of sp³-hybridized carbons (Fsp3) is 0.138. The molecule has 488 valence electrons. The number of nitrogens with zero attached hydrogens (tertiary/aromatic N) is 4. The van der Waals surface area contributed by atoms with Gasteiger partial charge < -0.3 is 53.9 Å². The standard InChI is InChI=1S/C20H17N3O3S.C15H14ClN3O3S.C15H14F3N3OS.C15H17N3O2S/c24-19(25)16-8-6-15(7-9-16)18-11-10-17(26-18)13-22-23-20(27)21-12-14-4-2-1-3-5-14;1-2-17-15(23)19-18-8-10-4-6-13(22-10)9-3-5-11(14(20)21)12(16)7-9;1-2-19-14(23)21-20-9-12-7-8-13(22-12)10-3-5-11(6-4-10)15(16,17)18;1-3-16-15(21)18-17-10-13-8-9-14(20-13)11-4-6-12(19-2)7-5-11/h1-11,13H,12H2,(H,24,25)(H2,21,23,27);3-8H,2H2,1H3,(H,20,21)(H2,17,19,23);3-9H,2H2,1H3,(H2,19,21,23);4-10H,3H2,1-2H3,(H2,16,18,21)/b22-13+;18-8-;20-9+;17-10+. The molecule has 0 fully saturated rings. The van der Waals surface area contributed by atoms with Gasteiger partial charge in [0.05, 0.1) is 53.7 Å². The van der Waals surface area contributed by atoms with Crippen LogP contribution in [0.15, 0.2) is 208 Å². The van der Waals surface area contributed by atoms with Crippen LogP contribution in [-0.4, -0.2) is 94.2 Å². The molecule has 0 unspecified atom stereocenters. The monoisotopic (exact) mass is 1370 g/mol. The van der Waals surface area contributed by atoms with E-state index in [1.807, 2.05) is 87.5 Å². The first-order valence-electron chi connectivity index (χ1n) is 28.1. The van der Waals surface area contributed by atoms with Gasteiger partial charge in [0, 0.05) is 48.4 Å². The molecule has 9 aromatic rings. The molecule has 4 heterocycles. The van der Waals surface area contributed by atoms with Crippen molar-refractivity contribution in [3.8, 4) is 51.0 Å². The summed E-state index contributed by atoms with van der Waals surface area (Å²) in [6, 6.07) is 47.5. The van der Waals surface area contributed by atoms with Crippen molar-refractivity contribution in [2.24, 2.45) is 20.4 Å². The molecule has 0 aliphatic carbocycles. The number of thiocarbonyl (C=S) groups is 4. The highest BCUT2D eigenvalue weighted by Gasteiger charge is 2.30. The summed E-state index contributed by atoms with van der Waals surface area (Å²) in [5.41, 5.74) is 14.4. The summed E-state index contributed by atoms with van der Waals surface area (Å²) >= 11 is 26.0. The summed E-state index contributed by atoms with van der Waals surface area (Å²) in [5, 5.41) is 47.4. The second kappa shape index (κ2) is 37.7. The average molecular weight is 1380 g/mol. The van der Waals surface area contributed by atoms with Gasteiger partial charge in [-0.25, -0.2) is 9.59 Å². The predicted octanol–water partition coefficient (Wildman–Crippen LogP) is 13.3. The molecule has 0 amide bonds. The molecule has 10 N–H and O–H groups in total. The zero-order chi connectivity index (χ0) is 67.8. The van der Waals surface area contributed by atoms with E-state index in [2.05, 4.69) is 63.4 Å². The Morgan fingerprint density at radius 1 is 0.489 bits per heavy atom. The number of hydrogen-bond donors (Lipinski definition) is 10. The van der Waals surface area contributed by atoms with Gasteiger partial charge in [-0.3, -0.25) is 21.7 Å². The third-order valence-electron chi connectivity index (χ3n) is 12.0. The molecular formula is C65H62ClF3N12O9S4. The number of methoxy groups -OCH3 is 1. The number of halogens is 4. The molecule has 9 rings (SSSR count). The molecule has 0 atom stereocenters. The lowest BCUT2D eigenvalue weighted by atomic mass is 10.1. The van der Waals surface area contributed by atoms with Crippen LogP contribution in [0, 0.1) is 0 Å². The first-order chi connectivity index (χ1) is 45.2. The SMILES string of the molecule is CCNC(=S)N/N=C/c1ccc(-c2ccc(C(F)(F)F)cc2)o1.CCNC(=S)N/N=C/c1ccc(-c2ccc(OC)cc2)o1.CCNC(=S)N/N=C\c1ccc(-c2ccc(C(=O)O)c(Cl)c2)o1.O=C(O)c1ccc(-c2ccc(/C=N/NC(=S)NCc3ccccc3)o2)cc1.